The number of esters is 1. The third kappa shape index (κ3) is 4.08. The van der Waals surface area contributed by atoms with Gasteiger partial charge in [-0.25, -0.2) is 4.79 Å². The van der Waals surface area contributed by atoms with Gasteiger partial charge >= 0.3 is 5.97 Å². The van der Waals surface area contributed by atoms with E-state index in [0.29, 0.717) is 18.9 Å². The highest BCUT2D eigenvalue weighted by Crippen LogP contribution is 2.23. The maximum atomic E-state index is 12.1. The summed E-state index contributed by atoms with van der Waals surface area (Å²) in [4.78, 5) is 24.1. The summed E-state index contributed by atoms with van der Waals surface area (Å²) in [6, 6.07) is 0. The monoisotopic (exact) mass is 267 g/mol. The van der Waals surface area contributed by atoms with Crippen molar-refractivity contribution >= 4 is 11.9 Å². The SMILES string of the molecule is CCOC(=O)[C@@](C)(NC(=O)C[C@H]1C=CCC1)C(C)C. The van der Waals surface area contributed by atoms with Crippen LogP contribution in [-0.2, 0) is 14.3 Å². The van der Waals surface area contributed by atoms with Crippen molar-refractivity contribution in [1.82, 2.24) is 5.32 Å². The molecule has 2 atom stereocenters. The van der Waals surface area contributed by atoms with Crippen LogP contribution in [0.25, 0.3) is 0 Å². The molecule has 0 radical (unpaired) electrons. The first kappa shape index (κ1) is 15.7. The molecule has 0 unspecified atom stereocenters. The van der Waals surface area contributed by atoms with Crippen LogP contribution in [0.2, 0.25) is 0 Å². The van der Waals surface area contributed by atoms with Gasteiger partial charge in [0.25, 0.3) is 0 Å². The first-order valence-electron chi connectivity index (χ1n) is 7.05. The summed E-state index contributed by atoms with van der Waals surface area (Å²) in [6.45, 7) is 7.64. The van der Waals surface area contributed by atoms with E-state index >= 15 is 0 Å². The van der Waals surface area contributed by atoms with Crippen LogP contribution >= 0.6 is 0 Å². The van der Waals surface area contributed by atoms with Crippen molar-refractivity contribution in [3.63, 3.8) is 0 Å². The Morgan fingerprint density at radius 1 is 1.47 bits per heavy atom. The summed E-state index contributed by atoms with van der Waals surface area (Å²) in [5, 5.41) is 2.86. The molecule has 0 spiro atoms. The normalized spacial score (nSPS) is 21.2. The Morgan fingerprint density at radius 2 is 2.16 bits per heavy atom. The van der Waals surface area contributed by atoms with Crippen LogP contribution in [-0.4, -0.2) is 24.0 Å². The molecule has 1 amide bonds. The highest BCUT2D eigenvalue weighted by Gasteiger charge is 2.39. The zero-order chi connectivity index (χ0) is 14.5. The first-order valence-corrected chi connectivity index (χ1v) is 7.05. The van der Waals surface area contributed by atoms with E-state index in [-0.39, 0.29) is 17.8 Å². The molecule has 1 N–H and O–H groups in total. The number of ether oxygens (including phenoxy) is 1. The second-order valence-corrected chi connectivity index (χ2v) is 5.60. The van der Waals surface area contributed by atoms with E-state index in [1.165, 1.54) is 0 Å². The minimum atomic E-state index is -0.949. The summed E-state index contributed by atoms with van der Waals surface area (Å²) >= 11 is 0. The molecular formula is C15H25NO3. The summed E-state index contributed by atoms with van der Waals surface area (Å²) in [7, 11) is 0. The number of amides is 1. The third-order valence-corrected chi connectivity index (χ3v) is 3.81. The molecule has 4 heteroatoms. The molecule has 108 valence electrons. The lowest BCUT2D eigenvalue weighted by atomic mass is 9.88. The number of carbonyl (C=O) groups excluding carboxylic acids is 2. The van der Waals surface area contributed by atoms with Crippen LogP contribution in [0.4, 0.5) is 0 Å². The Hall–Kier alpha value is -1.32. The highest BCUT2D eigenvalue weighted by atomic mass is 16.5. The van der Waals surface area contributed by atoms with Gasteiger partial charge in [0.05, 0.1) is 6.61 Å². The average molecular weight is 267 g/mol. The lowest BCUT2D eigenvalue weighted by Gasteiger charge is -2.32. The van der Waals surface area contributed by atoms with E-state index in [0.717, 1.165) is 12.8 Å². The fourth-order valence-corrected chi connectivity index (χ4v) is 2.16. The van der Waals surface area contributed by atoms with E-state index in [4.69, 9.17) is 4.74 Å². The molecule has 1 rings (SSSR count). The zero-order valence-corrected chi connectivity index (χ0v) is 12.4. The maximum Gasteiger partial charge on any atom is 0.331 e. The summed E-state index contributed by atoms with van der Waals surface area (Å²) in [5.41, 5.74) is -0.949. The van der Waals surface area contributed by atoms with Crippen molar-refractivity contribution in [2.45, 2.75) is 52.5 Å². The van der Waals surface area contributed by atoms with Gasteiger partial charge in [-0.05, 0) is 38.5 Å². The number of nitrogens with one attached hydrogen (secondary N) is 1. The molecule has 0 aromatic carbocycles. The predicted octanol–water partition coefficient (Wildman–Crippen LogP) is 2.44. The van der Waals surface area contributed by atoms with Crippen molar-refractivity contribution in [2.24, 2.45) is 11.8 Å². The molecule has 1 aliphatic carbocycles. The molecule has 1 aliphatic rings. The Bertz CT molecular complexity index is 362. The topological polar surface area (TPSA) is 55.4 Å². The van der Waals surface area contributed by atoms with Crippen molar-refractivity contribution in [2.75, 3.05) is 6.61 Å². The van der Waals surface area contributed by atoms with E-state index in [1.54, 1.807) is 13.8 Å². The molecular weight excluding hydrogens is 242 g/mol. The van der Waals surface area contributed by atoms with Gasteiger partial charge in [-0.15, -0.1) is 0 Å². The lowest BCUT2D eigenvalue weighted by molar-refractivity contribution is -0.154. The number of hydrogen-bond donors (Lipinski definition) is 1. The van der Waals surface area contributed by atoms with Crippen LogP contribution < -0.4 is 5.32 Å². The van der Waals surface area contributed by atoms with Crippen LogP contribution in [0.3, 0.4) is 0 Å². The van der Waals surface area contributed by atoms with Crippen LogP contribution in [0.5, 0.6) is 0 Å². The highest BCUT2D eigenvalue weighted by molar-refractivity contribution is 5.88. The molecule has 0 fully saturated rings. The fourth-order valence-electron chi connectivity index (χ4n) is 2.16. The second kappa shape index (κ2) is 6.73. The van der Waals surface area contributed by atoms with Gasteiger partial charge in [0.15, 0.2) is 0 Å². The van der Waals surface area contributed by atoms with Gasteiger partial charge in [0.1, 0.15) is 5.54 Å². The van der Waals surface area contributed by atoms with Crippen molar-refractivity contribution in [1.29, 1.82) is 0 Å². The Morgan fingerprint density at radius 3 is 2.63 bits per heavy atom. The Balaban J connectivity index is 2.64. The predicted molar refractivity (Wildman–Crippen MR) is 74.5 cm³/mol. The van der Waals surface area contributed by atoms with Gasteiger partial charge < -0.3 is 10.1 Å². The molecule has 0 bridgehead atoms. The van der Waals surface area contributed by atoms with Gasteiger partial charge in [0, 0.05) is 6.42 Å². The number of carbonyl (C=O) groups is 2. The third-order valence-electron chi connectivity index (χ3n) is 3.81. The van der Waals surface area contributed by atoms with Gasteiger partial charge in [-0.2, -0.15) is 0 Å². The first-order chi connectivity index (χ1) is 8.90. The minimum absolute atomic E-state index is 0.0189. The average Bonchev–Trinajstić information content (AvgIpc) is 2.81. The van der Waals surface area contributed by atoms with Crippen molar-refractivity contribution < 1.29 is 14.3 Å². The molecule has 0 saturated carbocycles. The van der Waals surface area contributed by atoms with Crippen molar-refractivity contribution in [3.05, 3.63) is 12.2 Å². The summed E-state index contributed by atoms with van der Waals surface area (Å²) in [6.07, 6.45) is 6.68. The summed E-state index contributed by atoms with van der Waals surface area (Å²) < 4.78 is 5.07. The quantitative estimate of drug-likeness (QED) is 0.594. The largest absolute Gasteiger partial charge is 0.464 e. The van der Waals surface area contributed by atoms with E-state index in [9.17, 15) is 9.59 Å². The molecule has 0 saturated heterocycles. The van der Waals surface area contributed by atoms with Gasteiger partial charge in [0.2, 0.25) is 5.91 Å². The standard InChI is InChI=1S/C15H25NO3/c1-5-19-14(18)15(4,11(2)3)16-13(17)10-12-8-6-7-9-12/h6,8,11-12H,5,7,9-10H2,1-4H3,(H,16,17)/t12-,15-/m0/s1. The number of hydrogen-bond acceptors (Lipinski definition) is 3. The number of rotatable bonds is 6. The van der Waals surface area contributed by atoms with E-state index in [2.05, 4.69) is 17.5 Å². The maximum absolute atomic E-state index is 12.1. The van der Waals surface area contributed by atoms with E-state index in [1.807, 2.05) is 13.8 Å². The zero-order valence-electron chi connectivity index (χ0n) is 12.4. The molecule has 0 aliphatic heterocycles. The lowest BCUT2D eigenvalue weighted by Crippen LogP contribution is -2.56. The Labute approximate surface area is 115 Å². The number of allylic oxidation sites excluding steroid dienone is 2. The summed E-state index contributed by atoms with van der Waals surface area (Å²) in [5.74, 6) is -0.158. The minimum Gasteiger partial charge on any atom is -0.464 e. The molecule has 0 aromatic heterocycles. The van der Waals surface area contributed by atoms with Gasteiger partial charge in [-0.3, -0.25) is 4.79 Å². The van der Waals surface area contributed by atoms with Crippen LogP contribution in [0.1, 0.15) is 47.0 Å². The Kier molecular flexibility index (Phi) is 5.58. The fraction of sp³-hybridized carbons (Fsp3) is 0.733. The molecule has 0 aromatic rings. The molecule has 0 heterocycles. The van der Waals surface area contributed by atoms with E-state index < -0.39 is 5.54 Å². The molecule has 19 heavy (non-hydrogen) atoms. The van der Waals surface area contributed by atoms with Crippen molar-refractivity contribution in [3.8, 4) is 0 Å². The van der Waals surface area contributed by atoms with Crippen LogP contribution in [0, 0.1) is 11.8 Å². The van der Waals surface area contributed by atoms with Gasteiger partial charge in [-0.1, -0.05) is 26.0 Å². The molecule has 4 nitrogen and oxygen atoms in total. The smallest absolute Gasteiger partial charge is 0.331 e. The van der Waals surface area contributed by atoms with Crippen LogP contribution in [0.15, 0.2) is 12.2 Å². The second-order valence-electron chi connectivity index (χ2n) is 5.60.